The first-order chi connectivity index (χ1) is 12.2. The number of piperazine rings is 1. The van der Waals surface area contributed by atoms with E-state index >= 15 is 0 Å². The van der Waals surface area contributed by atoms with E-state index in [0.717, 1.165) is 24.2 Å². The van der Waals surface area contributed by atoms with E-state index in [1.54, 1.807) is 6.20 Å². The van der Waals surface area contributed by atoms with Crippen molar-refractivity contribution in [2.45, 2.75) is 38.8 Å². The van der Waals surface area contributed by atoms with Gasteiger partial charge >= 0.3 is 0 Å². The van der Waals surface area contributed by atoms with Crippen LogP contribution in [0.4, 0.5) is 11.8 Å². The van der Waals surface area contributed by atoms with Gasteiger partial charge in [-0.1, -0.05) is 43.7 Å². The van der Waals surface area contributed by atoms with E-state index < -0.39 is 0 Å². The van der Waals surface area contributed by atoms with Crippen LogP contribution in [-0.4, -0.2) is 35.0 Å². The second-order valence-corrected chi connectivity index (χ2v) is 6.37. The quantitative estimate of drug-likeness (QED) is 0.847. The summed E-state index contributed by atoms with van der Waals surface area (Å²) >= 11 is 0. The van der Waals surface area contributed by atoms with Gasteiger partial charge in [0.2, 0.25) is 11.9 Å². The monoisotopic (exact) mass is 339 g/mol. The van der Waals surface area contributed by atoms with Crippen LogP contribution in [0.2, 0.25) is 0 Å². The summed E-state index contributed by atoms with van der Waals surface area (Å²) in [4.78, 5) is 23.5. The third kappa shape index (κ3) is 4.07. The third-order valence-electron chi connectivity index (χ3n) is 4.36. The van der Waals surface area contributed by atoms with Crippen LogP contribution in [0.25, 0.3) is 0 Å². The molecule has 1 aromatic carbocycles. The van der Waals surface area contributed by atoms with Crippen molar-refractivity contribution in [3.63, 3.8) is 0 Å². The zero-order valence-electron chi connectivity index (χ0n) is 14.8. The topological polar surface area (TPSA) is 70.2 Å². The highest BCUT2D eigenvalue weighted by atomic mass is 16.2. The van der Waals surface area contributed by atoms with Crippen LogP contribution >= 0.6 is 0 Å². The molecule has 6 heteroatoms. The Bertz CT molecular complexity index is 706. The first kappa shape index (κ1) is 17.2. The van der Waals surface area contributed by atoms with Gasteiger partial charge in [0.1, 0.15) is 11.9 Å². The Labute approximate surface area is 148 Å². The molecule has 1 saturated heterocycles. The lowest BCUT2D eigenvalue weighted by atomic mass is 10.0. The molecule has 132 valence electrons. The van der Waals surface area contributed by atoms with Crippen molar-refractivity contribution in [1.29, 1.82) is 0 Å². The van der Waals surface area contributed by atoms with E-state index in [9.17, 15) is 4.79 Å². The second kappa shape index (κ2) is 7.96. The van der Waals surface area contributed by atoms with Gasteiger partial charge in [0, 0.05) is 25.3 Å². The number of hydrogen-bond donors (Lipinski definition) is 2. The van der Waals surface area contributed by atoms with Gasteiger partial charge in [-0.2, -0.15) is 4.98 Å². The number of aromatic nitrogens is 2. The molecule has 1 aliphatic heterocycles. The van der Waals surface area contributed by atoms with Crippen molar-refractivity contribution in [2.24, 2.45) is 0 Å². The molecular weight excluding hydrogens is 314 g/mol. The summed E-state index contributed by atoms with van der Waals surface area (Å²) in [5, 5.41) is 6.29. The van der Waals surface area contributed by atoms with Crippen molar-refractivity contribution in [3.05, 3.63) is 48.2 Å². The number of anilines is 2. The van der Waals surface area contributed by atoms with Crippen LogP contribution in [0.5, 0.6) is 0 Å². The van der Waals surface area contributed by atoms with Crippen molar-refractivity contribution in [1.82, 2.24) is 15.3 Å². The molecular formula is C19H25N5O. The highest BCUT2D eigenvalue weighted by molar-refractivity contribution is 5.87. The average molecular weight is 339 g/mol. The molecule has 2 unspecified atom stereocenters. The molecule has 0 radical (unpaired) electrons. The molecule has 2 heterocycles. The van der Waals surface area contributed by atoms with Gasteiger partial charge in [-0.3, -0.25) is 4.79 Å². The van der Waals surface area contributed by atoms with E-state index in [4.69, 9.17) is 0 Å². The second-order valence-electron chi connectivity index (χ2n) is 6.37. The van der Waals surface area contributed by atoms with Crippen LogP contribution < -0.4 is 15.5 Å². The fourth-order valence-corrected chi connectivity index (χ4v) is 3.18. The number of nitrogens with one attached hydrogen (secondary N) is 2. The maximum Gasteiger partial charge on any atom is 0.247 e. The van der Waals surface area contributed by atoms with Crippen LogP contribution in [0.1, 0.15) is 38.3 Å². The molecule has 25 heavy (non-hydrogen) atoms. The molecule has 0 bridgehead atoms. The van der Waals surface area contributed by atoms with Gasteiger partial charge in [0.25, 0.3) is 0 Å². The Morgan fingerprint density at radius 2 is 2.12 bits per heavy atom. The van der Waals surface area contributed by atoms with Crippen LogP contribution in [0.15, 0.2) is 42.6 Å². The Balaban J connectivity index is 1.87. The smallest absolute Gasteiger partial charge is 0.247 e. The van der Waals surface area contributed by atoms with E-state index in [-0.39, 0.29) is 11.9 Å². The van der Waals surface area contributed by atoms with Crippen molar-refractivity contribution < 1.29 is 4.79 Å². The zero-order valence-corrected chi connectivity index (χ0v) is 14.8. The van der Waals surface area contributed by atoms with Crippen LogP contribution in [0.3, 0.4) is 0 Å². The number of hydrogen-bond acceptors (Lipinski definition) is 5. The number of carbonyl (C=O) groups excluding carboxylic acids is 1. The van der Waals surface area contributed by atoms with E-state index in [0.29, 0.717) is 25.1 Å². The largest absolute Gasteiger partial charge is 0.352 e. The fourth-order valence-electron chi connectivity index (χ4n) is 3.18. The minimum absolute atomic E-state index is 0.00456. The third-order valence-corrected chi connectivity index (χ3v) is 4.36. The number of carbonyl (C=O) groups is 1. The summed E-state index contributed by atoms with van der Waals surface area (Å²) in [7, 11) is 0. The molecule has 1 aliphatic rings. The molecule has 0 aliphatic carbocycles. The Hall–Kier alpha value is -2.63. The van der Waals surface area contributed by atoms with Gasteiger partial charge in [-0.05, 0) is 25.0 Å². The number of nitrogens with zero attached hydrogens (tertiary/aromatic N) is 3. The first-order valence-corrected chi connectivity index (χ1v) is 8.88. The zero-order chi connectivity index (χ0) is 17.6. The molecule has 2 atom stereocenters. The Kier molecular flexibility index (Phi) is 5.48. The summed E-state index contributed by atoms with van der Waals surface area (Å²) in [5.41, 5.74) is 0.965. The molecule has 2 N–H and O–H groups in total. The van der Waals surface area contributed by atoms with Gasteiger partial charge in [-0.25, -0.2) is 4.98 Å². The Morgan fingerprint density at radius 1 is 1.32 bits per heavy atom. The molecule has 1 fully saturated rings. The number of benzene rings is 1. The minimum Gasteiger partial charge on any atom is -0.352 e. The van der Waals surface area contributed by atoms with Gasteiger partial charge in [0.15, 0.2) is 0 Å². The summed E-state index contributed by atoms with van der Waals surface area (Å²) in [6.45, 7) is 5.61. The summed E-state index contributed by atoms with van der Waals surface area (Å²) in [5.74, 6) is 1.38. The van der Waals surface area contributed by atoms with Crippen molar-refractivity contribution >= 4 is 17.7 Å². The lowest BCUT2D eigenvalue weighted by Gasteiger charge is -2.36. The predicted octanol–water partition coefficient (Wildman–Crippen LogP) is 2.75. The first-order valence-electron chi connectivity index (χ1n) is 8.88. The lowest BCUT2D eigenvalue weighted by molar-refractivity contribution is -0.123. The van der Waals surface area contributed by atoms with Gasteiger partial charge in [0.05, 0.1) is 0 Å². The summed E-state index contributed by atoms with van der Waals surface area (Å²) < 4.78 is 0. The van der Waals surface area contributed by atoms with Crippen molar-refractivity contribution in [3.8, 4) is 0 Å². The maximum atomic E-state index is 12.5. The lowest BCUT2D eigenvalue weighted by Crippen LogP contribution is -2.50. The predicted molar refractivity (Wildman–Crippen MR) is 99.6 cm³/mol. The molecule has 1 aromatic heterocycles. The average Bonchev–Trinajstić information content (AvgIpc) is 2.62. The molecule has 3 rings (SSSR count). The van der Waals surface area contributed by atoms with E-state index in [1.165, 1.54) is 0 Å². The summed E-state index contributed by atoms with van der Waals surface area (Å²) in [6.07, 6.45) is 3.92. The number of amides is 1. The molecule has 1 amide bonds. The standard InChI is InChI=1S/C19H25N5O/c1-3-7-14(2)22-19-21-11-10-16(23-19)24-13-12-20-18(25)17(24)15-8-5-4-6-9-15/h4-6,8-11,14,17H,3,7,12-13H2,1-2H3,(H,20,25)(H,21,22,23). The highest BCUT2D eigenvalue weighted by Gasteiger charge is 2.32. The van der Waals surface area contributed by atoms with Crippen LogP contribution in [0, 0.1) is 0 Å². The molecule has 6 nitrogen and oxygen atoms in total. The molecule has 0 saturated carbocycles. The fraction of sp³-hybridized carbons (Fsp3) is 0.421. The number of rotatable bonds is 6. The van der Waals surface area contributed by atoms with Gasteiger partial charge < -0.3 is 15.5 Å². The SMILES string of the molecule is CCCC(C)Nc1nccc(N2CCNC(=O)C2c2ccccc2)n1. The summed E-state index contributed by atoms with van der Waals surface area (Å²) in [6, 6.07) is 11.6. The van der Waals surface area contributed by atoms with Crippen LogP contribution in [-0.2, 0) is 4.79 Å². The Morgan fingerprint density at radius 3 is 2.88 bits per heavy atom. The molecule has 2 aromatic rings. The minimum atomic E-state index is -0.370. The van der Waals surface area contributed by atoms with E-state index in [2.05, 4.69) is 34.4 Å². The van der Waals surface area contributed by atoms with Gasteiger partial charge in [-0.15, -0.1) is 0 Å². The highest BCUT2D eigenvalue weighted by Crippen LogP contribution is 2.28. The maximum absolute atomic E-state index is 12.5. The normalized spacial score (nSPS) is 18.6. The van der Waals surface area contributed by atoms with Crippen molar-refractivity contribution in [2.75, 3.05) is 23.3 Å². The molecule has 0 spiro atoms. The van der Waals surface area contributed by atoms with E-state index in [1.807, 2.05) is 41.3 Å².